The van der Waals surface area contributed by atoms with Crippen molar-refractivity contribution in [3.63, 3.8) is 0 Å². The van der Waals surface area contributed by atoms with E-state index in [9.17, 15) is 19.2 Å². The molecule has 0 saturated carbocycles. The van der Waals surface area contributed by atoms with Crippen molar-refractivity contribution >= 4 is 29.7 Å². The van der Waals surface area contributed by atoms with E-state index in [2.05, 4.69) is 15.6 Å². The molecule has 12 heteroatoms. The molecule has 0 radical (unpaired) electrons. The van der Waals surface area contributed by atoms with Gasteiger partial charge in [0.05, 0.1) is 6.04 Å². The highest BCUT2D eigenvalue weighted by atomic mass is 16.4. The Balaban J connectivity index is 2.75. The number of hydrogen-bond acceptors (Lipinski definition) is 6. The molecule has 31 heavy (non-hydrogen) atoms. The smallest absolute Gasteiger partial charge is 0.322 e. The number of carbonyl (C=O) groups excluding carboxylic acids is 3. The summed E-state index contributed by atoms with van der Waals surface area (Å²) in [6.07, 6.45) is 2.59. The summed E-state index contributed by atoms with van der Waals surface area (Å²) < 4.78 is 0. The minimum Gasteiger partial charge on any atom is -0.480 e. The SMILES string of the molecule is CCC(C)C(NC(=O)C1CCCN1C(=O)C(N)CCCN=C(N)N)C(=O)NCC(=O)O. The fourth-order valence-electron chi connectivity index (χ4n) is 3.38. The zero-order valence-electron chi connectivity index (χ0n) is 18.2. The Hall–Kier alpha value is -2.89. The molecule has 0 aromatic heterocycles. The average molecular weight is 442 g/mol. The van der Waals surface area contributed by atoms with Gasteiger partial charge in [0.15, 0.2) is 5.96 Å². The summed E-state index contributed by atoms with van der Waals surface area (Å²) >= 11 is 0. The number of amides is 3. The second-order valence-corrected chi connectivity index (χ2v) is 7.73. The van der Waals surface area contributed by atoms with Crippen LogP contribution in [-0.2, 0) is 19.2 Å². The maximum atomic E-state index is 12.9. The van der Waals surface area contributed by atoms with Gasteiger partial charge in [-0.05, 0) is 31.6 Å². The Bertz CT molecular complexity index is 681. The number of hydrogen-bond donors (Lipinski definition) is 6. The normalized spacial score (nSPS) is 18.5. The molecule has 4 atom stereocenters. The number of nitrogens with two attached hydrogens (primary N) is 3. The quantitative estimate of drug-likeness (QED) is 0.114. The monoisotopic (exact) mass is 441 g/mol. The second-order valence-electron chi connectivity index (χ2n) is 7.73. The lowest BCUT2D eigenvalue weighted by Gasteiger charge is -2.29. The number of guanidine groups is 1. The highest BCUT2D eigenvalue weighted by Crippen LogP contribution is 2.20. The molecule has 9 N–H and O–H groups in total. The first-order chi connectivity index (χ1) is 14.6. The van der Waals surface area contributed by atoms with E-state index in [4.69, 9.17) is 22.3 Å². The predicted molar refractivity (Wildman–Crippen MR) is 115 cm³/mol. The van der Waals surface area contributed by atoms with E-state index in [1.54, 1.807) is 6.92 Å². The summed E-state index contributed by atoms with van der Waals surface area (Å²) in [7, 11) is 0. The van der Waals surface area contributed by atoms with E-state index < -0.39 is 42.5 Å². The van der Waals surface area contributed by atoms with Gasteiger partial charge >= 0.3 is 5.97 Å². The lowest BCUT2D eigenvalue weighted by Crippen LogP contribution is -2.57. The van der Waals surface area contributed by atoms with Gasteiger partial charge in [-0.1, -0.05) is 20.3 Å². The summed E-state index contributed by atoms with van der Waals surface area (Å²) in [6.45, 7) is 3.87. The fourth-order valence-corrected chi connectivity index (χ4v) is 3.38. The van der Waals surface area contributed by atoms with Crippen LogP contribution in [0.25, 0.3) is 0 Å². The van der Waals surface area contributed by atoms with Gasteiger partial charge < -0.3 is 37.8 Å². The van der Waals surface area contributed by atoms with Crippen LogP contribution in [0.3, 0.4) is 0 Å². The Morgan fingerprint density at radius 2 is 1.94 bits per heavy atom. The molecule has 4 unspecified atom stereocenters. The third-order valence-electron chi connectivity index (χ3n) is 5.33. The third kappa shape index (κ3) is 8.40. The van der Waals surface area contributed by atoms with Gasteiger partial charge in [0, 0.05) is 13.1 Å². The number of carbonyl (C=O) groups is 4. The summed E-state index contributed by atoms with van der Waals surface area (Å²) in [5.41, 5.74) is 16.5. The van der Waals surface area contributed by atoms with Crippen molar-refractivity contribution in [3.8, 4) is 0 Å². The van der Waals surface area contributed by atoms with Crippen LogP contribution in [0.5, 0.6) is 0 Å². The third-order valence-corrected chi connectivity index (χ3v) is 5.33. The van der Waals surface area contributed by atoms with Gasteiger partial charge in [-0.25, -0.2) is 0 Å². The average Bonchev–Trinajstić information content (AvgIpc) is 3.21. The molecule has 1 fully saturated rings. The van der Waals surface area contributed by atoms with Crippen molar-refractivity contribution in [2.75, 3.05) is 19.6 Å². The van der Waals surface area contributed by atoms with E-state index in [1.807, 2.05) is 6.92 Å². The number of nitrogens with zero attached hydrogens (tertiary/aromatic N) is 2. The molecule has 0 aliphatic carbocycles. The first-order valence-corrected chi connectivity index (χ1v) is 10.5. The van der Waals surface area contributed by atoms with E-state index in [-0.39, 0.29) is 17.8 Å². The van der Waals surface area contributed by atoms with Crippen molar-refractivity contribution in [1.82, 2.24) is 15.5 Å². The number of aliphatic carboxylic acids is 1. The van der Waals surface area contributed by atoms with Gasteiger partial charge in [0.25, 0.3) is 0 Å². The van der Waals surface area contributed by atoms with Gasteiger partial charge in [-0.2, -0.15) is 0 Å². The molecule has 3 amide bonds. The molecule has 1 aliphatic heterocycles. The Labute approximate surface area is 182 Å². The predicted octanol–water partition coefficient (Wildman–Crippen LogP) is -1.91. The highest BCUT2D eigenvalue weighted by Gasteiger charge is 2.38. The Morgan fingerprint density at radius 3 is 2.52 bits per heavy atom. The molecule has 1 rings (SSSR count). The standard InChI is InChI=1S/C19H35N7O5/c1-3-11(2)15(17(30)24-10-14(27)28)25-16(29)13-7-5-9-26(13)18(31)12(20)6-4-8-23-19(21)22/h11-13,15H,3-10,20H2,1-2H3,(H,24,30)(H,25,29)(H,27,28)(H4,21,22,23). The largest absolute Gasteiger partial charge is 0.480 e. The van der Waals surface area contributed by atoms with E-state index in [0.717, 1.165) is 0 Å². The summed E-state index contributed by atoms with van der Waals surface area (Å²) in [5, 5.41) is 13.8. The van der Waals surface area contributed by atoms with Crippen LogP contribution in [0.4, 0.5) is 0 Å². The summed E-state index contributed by atoms with van der Waals surface area (Å²) in [5.74, 6) is -2.78. The van der Waals surface area contributed by atoms with Crippen LogP contribution in [-0.4, -0.2) is 77.4 Å². The molecule has 1 heterocycles. The maximum Gasteiger partial charge on any atom is 0.322 e. The van der Waals surface area contributed by atoms with Crippen LogP contribution in [0.2, 0.25) is 0 Å². The summed E-state index contributed by atoms with van der Waals surface area (Å²) in [6, 6.07) is -2.41. The van der Waals surface area contributed by atoms with E-state index in [1.165, 1.54) is 4.90 Å². The van der Waals surface area contributed by atoms with Crippen LogP contribution in [0.1, 0.15) is 46.0 Å². The molecule has 0 aromatic rings. The fraction of sp³-hybridized carbons (Fsp3) is 0.737. The van der Waals surface area contributed by atoms with Gasteiger partial charge in [0.1, 0.15) is 18.6 Å². The Morgan fingerprint density at radius 1 is 1.26 bits per heavy atom. The molecular weight excluding hydrogens is 406 g/mol. The number of aliphatic imine (C=N–C) groups is 1. The van der Waals surface area contributed by atoms with Crippen LogP contribution >= 0.6 is 0 Å². The van der Waals surface area contributed by atoms with Gasteiger partial charge in [-0.15, -0.1) is 0 Å². The molecular formula is C19H35N7O5. The highest BCUT2D eigenvalue weighted by molar-refractivity contribution is 5.94. The Kier molecular flexibility index (Phi) is 10.7. The molecule has 0 aromatic carbocycles. The van der Waals surface area contributed by atoms with E-state index >= 15 is 0 Å². The summed E-state index contributed by atoms with van der Waals surface area (Å²) in [4.78, 5) is 54.1. The number of nitrogens with one attached hydrogen (secondary N) is 2. The van der Waals surface area contributed by atoms with E-state index in [0.29, 0.717) is 45.2 Å². The zero-order chi connectivity index (χ0) is 23.6. The second kappa shape index (κ2) is 12.7. The molecule has 0 bridgehead atoms. The van der Waals surface area contributed by atoms with Crippen LogP contribution < -0.4 is 27.8 Å². The lowest BCUT2D eigenvalue weighted by atomic mass is 9.97. The number of rotatable bonds is 12. The van der Waals surface area contributed by atoms with Crippen LogP contribution in [0, 0.1) is 5.92 Å². The molecule has 176 valence electrons. The molecule has 1 aliphatic rings. The van der Waals surface area contributed by atoms with Gasteiger partial charge in [-0.3, -0.25) is 24.2 Å². The van der Waals surface area contributed by atoms with Crippen molar-refractivity contribution in [2.45, 2.75) is 64.1 Å². The van der Waals surface area contributed by atoms with Crippen molar-refractivity contribution < 1.29 is 24.3 Å². The van der Waals surface area contributed by atoms with Gasteiger partial charge in [0.2, 0.25) is 17.7 Å². The lowest BCUT2D eigenvalue weighted by molar-refractivity contribution is -0.141. The van der Waals surface area contributed by atoms with Crippen molar-refractivity contribution in [2.24, 2.45) is 28.1 Å². The first kappa shape index (κ1) is 26.1. The number of carboxylic acid groups (broad SMARTS) is 1. The number of likely N-dealkylation sites (tertiary alicyclic amines) is 1. The maximum absolute atomic E-state index is 12.9. The van der Waals surface area contributed by atoms with Crippen LogP contribution in [0.15, 0.2) is 4.99 Å². The van der Waals surface area contributed by atoms with Crippen molar-refractivity contribution in [3.05, 3.63) is 0 Å². The zero-order valence-corrected chi connectivity index (χ0v) is 18.2. The molecule has 0 spiro atoms. The number of carboxylic acids is 1. The topological polar surface area (TPSA) is 206 Å². The molecule has 12 nitrogen and oxygen atoms in total. The molecule has 1 saturated heterocycles. The minimum absolute atomic E-state index is 0.0283. The van der Waals surface area contributed by atoms with Crippen molar-refractivity contribution in [1.29, 1.82) is 0 Å². The first-order valence-electron chi connectivity index (χ1n) is 10.5. The minimum atomic E-state index is -1.18.